The van der Waals surface area contributed by atoms with Crippen molar-refractivity contribution in [2.24, 2.45) is 5.92 Å². The molecule has 2 fully saturated rings. The van der Waals surface area contributed by atoms with Gasteiger partial charge in [-0.05, 0) is 19.0 Å². The molecule has 3 rings (SSSR count). The molecule has 23 heavy (non-hydrogen) atoms. The van der Waals surface area contributed by atoms with Crippen LogP contribution in [-0.2, 0) is 4.74 Å². The number of ether oxygens (including phenoxy) is 1. The van der Waals surface area contributed by atoms with E-state index in [1.54, 1.807) is 6.07 Å². The first kappa shape index (κ1) is 16.2. The van der Waals surface area contributed by atoms with Crippen LogP contribution in [-0.4, -0.2) is 66.6 Å². The molecule has 6 nitrogen and oxygen atoms in total. The predicted octanol–water partition coefficient (Wildman–Crippen LogP) is 0.901. The van der Waals surface area contributed by atoms with E-state index in [4.69, 9.17) is 4.74 Å². The number of aromatic nitrogens is 1. The average molecular weight is 319 g/mol. The molecule has 0 radical (unpaired) electrons. The molecule has 6 heteroatoms. The lowest BCUT2D eigenvalue weighted by Crippen LogP contribution is -2.45. The Kier molecular flexibility index (Phi) is 4.55. The van der Waals surface area contributed by atoms with Gasteiger partial charge in [-0.25, -0.2) is 0 Å². The van der Waals surface area contributed by atoms with Gasteiger partial charge in [0.2, 0.25) is 5.56 Å². The summed E-state index contributed by atoms with van der Waals surface area (Å²) in [5.41, 5.74) is 1.18. The molecule has 1 N–H and O–H groups in total. The van der Waals surface area contributed by atoms with Crippen molar-refractivity contribution in [1.82, 2.24) is 14.8 Å². The zero-order valence-electron chi connectivity index (χ0n) is 14.0. The number of carbonyl (C=O) groups excluding carboxylic acids is 1. The summed E-state index contributed by atoms with van der Waals surface area (Å²) >= 11 is 0. The second kappa shape index (κ2) is 6.45. The van der Waals surface area contributed by atoms with E-state index in [1.807, 2.05) is 18.7 Å². The largest absolute Gasteiger partial charge is 0.379 e. The van der Waals surface area contributed by atoms with Crippen LogP contribution < -0.4 is 5.56 Å². The number of H-pyrrole nitrogens is 1. The first-order chi connectivity index (χ1) is 11.0. The lowest BCUT2D eigenvalue weighted by Gasteiger charge is -2.30. The van der Waals surface area contributed by atoms with Gasteiger partial charge in [-0.15, -0.1) is 0 Å². The summed E-state index contributed by atoms with van der Waals surface area (Å²) in [6.07, 6.45) is 0. The van der Waals surface area contributed by atoms with Crippen molar-refractivity contribution in [2.75, 3.05) is 39.9 Å². The third-order valence-corrected chi connectivity index (χ3v) is 4.79. The number of aromatic amines is 1. The second-order valence-corrected chi connectivity index (χ2v) is 7.01. The van der Waals surface area contributed by atoms with Crippen molar-refractivity contribution >= 4 is 5.91 Å². The molecule has 2 aliphatic heterocycles. The van der Waals surface area contributed by atoms with Crippen molar-refractivity contribution in [3.8, 4) is 0 Å². The van der Waals surface area contributed by atoms with Gasteiger partial charge in [0.1, 0.15) is 0 Å². The standard InChI is InChI=1S/C17H25N3O3/c1-11(2)16-14(4-5-15(21)18-16)17(22)20-7-12-6-19(3)13(8-20)10-23-9-12/h4-5,11-13H,6-10H2,1-3H3,(H,18,21)/t12-,13+/m1/s1. The van der Waals surface area contributed by atoms with Crippen molar-refractivity contribution in [3.05, 3.63) is 33.7 Å². The van der Waals surface area contributed by atoms with E-state index in [2.05, 4.69) is 16.9 Å². The number of likely N-dealkylation sites (N-methyl/N-ethyl adjacent to an activating group) is 1. The molecule has 1 aromatic rings. The van der Waals surface area contributed by atoms with Crippen LogP contribution in [0.2, 0.25) is 0 Å². The molecule has 0 spiro atoms. The molecule has 2 saturated heterocycles. The molecule has 1 aromatic heterocycles. The van der Waals surface area contributed by atoms with Crippen molar-refractivity contribution < 1.29 is 9.53 Å². The number of hydrogen-bond donors (Lipinski definition) is 1. The number of pyridine rings is 1. The van der Waals surface area contributed by atoms with Gasteiger partial charge in [-0.2, -0.15) is 0 Å². The normalized spacial score (nSPS) is 25.5. The highest BCUT2D eigenvalue weighted by atomic mass is 16.5. The van der Waals surface area contributed by atoms with E-state index in [-0.39, 0.29) is 23.4 Å². The Morgan fingerprint density at radius 1 is 1.26 bits per heavy atom. The van der Waals surface area contributed by atoms with Gasteiger partial charge in [-0.3, -0.25) is 14.5 Å². The van der Waals surface area contributed by atoms with Crippen LogP contribution in [0.4, 0.5) is 0 Å². The quantitative estimate of drug-likeness (QED) is 0.880. The molecule has 0 unspecified atom stereocenters. The first-order valence-corrected chi connectivity index (χ1v) is 8.26. The SMILES string of the molecule is CC(C)c1[nH]c(=O)ccc1C(=O)N1C[C@@H]2COC[C@H](C1)N(C)C2. The summed E-state index contributed by atoms with van der Waals surface area (Å²) in [5, 5.41) is 0. The van der Waals surface area contributed by atoms with E-state index in [0.717, 1.165) is 12.2 Å². The number of fused-ring (bicyclic) bond motifs is 3. The summed E-state index contributed by atoms with van der Waals surface area (Å²) in [5.74, 6) is 0.444. The molecular formula is C17H25N3O3. The van der Waals surface area contributed by atoms with Crippen LogP contribution in [0, 0.1) is 5.92 Å². The maximum atomic E-state index is 13.1. The van der Waals surface area contributed by atoms with Gasteiger partial charge in [0.25, 0.3) is 5.91 Å². The van der Waals surface area contributed by atoms with E-state index < -0.39 is 0 Å². The summed E-state index contributed by atoms with van der Waals surface area (Å²) < 4.78 is 5.72. The van der Waals surface area contributed by atoms with Gasteiger partial charge in [0.05, 0.1) is 24.8 Å². The fourth-order valence-corrected chi connectivity index (χ4v) is 3.52. The predicted molar refractivity (Wildman–Crippen MR) is 87.8 cm³/mol. The van der Waals surface area contributed by atoms with Gasteiger partial charge < -0.3 is 14.6 Å². The third-order valence-electron chi connectivity index (χ3n) is 4.79. The Labute approximate surface area is 136 Å². The maximum Gasteiger partial charge on any atom is 0.255 e. The minimum Gasteiger partial charge on any atom is -0.379 e. The van der Waals surface area contributed by atoms with Crippen LogP contribution in [0.1, 0.15) is 35.8 Å². The number of nitrogens with one attached hydrogen (secondary N) is 1. The van der Waals surface area contributed by atoms with Gasteiger partial charge in [0.15, 0.2) is 0 Å². The van der Waals surface area contributed by atoms with Crippen LogP contribution in [0.25, 0.3) is 0 Å². The molecule has 126 valence electrons. The van der Waals surface area contributed by atoms with Crippen molar-refractivity contribution in [3.63, 3.8) is 0 Å². The summed E-state index contributed by atoms with van der Waals surface area (Å²) in [6, 6.07) is 3.33. The Morgan fingerprint density at radius 2 is 2.04 bits per heavy atom. The minimum absolute atomic E-state index is 0.0112. The average Bonchev–Trinajstić information content (AvgIpc) is 2.74. The number of amides is 1. The van der Waals surface area contributed by atoms with Crippen molar-refractivity contribution in [2.45, 2.75) is 25.8 Å². The van der Waals surface area contributed by atoms with E-state index in [1.165, 1.54) is 6.07 Å². The lowest BCUT2D eigenvalue weighted by atomic mass is 10.0. The zero-order valence-corrected chi connectivity index (χ0v) is 14.0. The van der Waals surface area contributed by atoms with Crippen molar-refractivity contribution in [1.29, 1.82) is 0 Å². The molecule has 3 heterocycles. The highest BCUT2D eigenvalue weighted by Crippen LogP contribution is 2.22. The highest BCUT2D eigenvalue weighted by Gasteiger charge is 2.34. The van der Waals surface area contributed by atoms with Crippen LogP contribution in [0.15, 0.2) is 16.9 Å². The van der Waals surface area contributed by atoms with Gasteiger partial charge in [-0.1, -0.05) is 13.8 Å². The molecule has 2 bridgehead atoms. The molecule has 1 amide bonds. The van der Waals surface area contributed by atoms with E-state index >= 15 is 0 Å². The molecular weight excluding hydrogens is 294 g/mol. The fraction of sp³-hybridized carbons (Fsp3) is 0.647. The minimum atomic E-state index is -0.161. The number of rotatable bonds is 2. The van der Waals surface area contributed by atoms with Gasteiger partial charge in [0, 0.05) is 37.3 Å². The summed E-state index contributed by atoms with van der Waals surface area (Å²) in [4.78, 5) is 31.7. The zero-order chi connectivity index (χ0) is 16.6. The molecule has 2 aliphatic rings. The monoisotopic (exact) mass is 319 g/mol. The molecule has 2 atom stereocenters. The first-order valence-electron chi connectivity index (χ1n) is 8.26. The smallest absolute Gasteiger partial charge is 0.255 e. The highest BCUT2D eigenvalue weighted by molar-refractivity contribution is 5.95. The number of nitrogens with zero attached hydrogens (tertiary/aromatic N) is 2. The second-order valence-electron chi connectivity index (χ2n) is 7.01. The maximum absolute atomic E-state index is 13.1. The Morgan fingerprint density at radius 3 is 2.78 bits per heavy atom. The van der Waals surface area contributed by atoms with E-state index in [9.17, 15) is 9.59 Å². The van der Waals surface area contributed by atoms with E-state index in [0.29, 0.717) is 37.8 Å². The number of carbonyl (C=O) groups is 1. The van der Waals surface area contributed by atoms with Gasteiger partial charge >= 0.3 is 0 Å². The Hall–Kier alpha value is -1.66. The fourth-order valence-electron chi connectivity index (χ4n) is 3.52. The topological polar surface area (TPSA) is 65.6 Å². The summed E-state index contributed by atoms with van der Waals surface area (Å²) in [7, 11) is 2.10. The third kappa shape index (κ3) is 3.33. The van der Waals surface area contributed by atoms with Crippen LogP contribution in [0.5, 0.6) is 0 Å². The molecule has 0 aliphatic carbocycles. The lowest BCUT2D eigenvalue weighted by molar-refractivity contribution is 0.0432. The van der Waals surface area contributed by atoms with Crippen LogP contribution in [0.3, 0.4) is 0 Å². The Bertz CT molecular complexity index is 640. The number of hydrogen-bond acceptors (Lipinski definition) is 4. The molecule has 0 saturated carbocycles. The Balaban J connectivity index is 1.90. The summed E-state index contributed by atoms with van der Waals surface area (Å²) in [6.45, 7) is 7.67. The molecule has 0 aromatic carbocycles. The van der Waals surface area contributed by atoms with Crippen LogP contribution >= 0.6 is 0 Å².